The van der Waals surface area contributed by atoms with E-state index in [0.29, 0.717) is 28.7 Å². The second-order valence-corrected chi connectivity index (χ2v) is 8.88. The molecule has 0 bridgehead atoms. The van der Waals surface area contributed by atoms with Crippen LogP contribution < -0.4 is 10.4 Å². The molecule has 1 aliphatic rings. The largest absolute Gasteiger partial charge is 0.506 e. The van der Waals surface area contributed by atoms with Crippen LogP contribution in [0.25, 0.3) is 17.0 Å². The van der Waals surface area contributed by atoms with E-state index >= 15 is 0 Å². The Morgan fingerprint density at radius 2 is 1.93 bits per heavy atom. The van der Waals surface area contributed by atoms with Crippen molar-refractivity contribution in [1.82, 2.24) is 0 Å². The van der Waals surface area contributed by atoms with E-state index in [1.165, 1.54) is 6.07 Å². The molecule has 0 aliphatic carbocycles. The van der Waals surface area contributed by atoms with Gasteiger partial charge in [-0.05, 0) is 52.3 Å². The Hall–Kier alpha value is -2.79. The maximum atomic E-state index is 12.0. The smallest absolute Gasteiger partial charge is 0.336 e. The first-order valence-corrected chi connectivity index (χ1v) is 9.62. The van der Waals surface area contributed by atoms with Gasteiger partial charge >= 0.3 is 5.63 Å². The lowest BCUT2D eigenvalue weighted by Gasteiger charge is -2.35. The predicted octanol–water partition coefficient (Wildman–Crippen LogP) is 4.84. The highest BCUT2D eigenvalue weighted by Crippen LogP contribution is 2.50. The minimum atomic E-state index is -0.952. The number of aliphatic hydroxyl groups is 1. The molecule has 5 nitrogen and oxygen atoms in total. The molecule has 1 aliphatic heterocycles. The number of phenolic OH excluding ortho intramolecular Hbond substituents is 1. The Labute approximate surface area is 170 Å². The average Bonchev–Trinajstić information content (AvgIpc) is 2.59. The number of hydrogen-bond acceptors (Lipinski definition) is 5. The van der Waals surface area contributed by atoms with Gasteiger partial charge in [-0.1, -0.05) is 25.2 Å². The first-order valence-electron chi connectivity index (χ1n) is 9.62. The number of allylic oxidation sites excluding steroid dienone is 2. The van der Waals surface area contributed by atoms with Crippen LogP contribution in [-0.2, 0) is 5.41 Å². The van der Waals surface area contributed by atoms with E-state index in [4.69, 9.17) is 9.15 Å². The van der Waals surface area contributed by atoms with Gasteiger partial charge in [0.25, 0.3) is 0 Å². The zero-order valence-corrected chi connectivity index (χ0v) is 17.6. The van der Waals surface area contributed by atoms with Crippen molar-refractivity contribution in [3.05, 3.63) is 64.6 Å². The van der Waals surface area contributed by atoms with Crippen LogP contribution in [0.2, 0.25) is 0 Å². The fourth-order valence-corrected chi connectivity index (χ4v) is 3.52. The van der Waals surface area contributed by atoms with Crippen LogP contribution >= 0.6 is 0 Å². The number of benzene rings is 1. The Morgan fingerprint density at radius 1 is 1.24 bits per heavy atom. The Balaban J connectivity index is 2.35. The highest BCUT2D eigenvalue weighted by atomic mass is 16.5. The van der Waals surface area contributed by atoms with E-state index < -0.39 is 22.2 Å². The van der Waals surface area contributed by atoms with E-state index in [9.17, 15) is 15.0 Å². The lowest BCUT2D eigenvalue weighted by molar-refractivity contribution is 0.132. The summed E-state index contributed by atoms with van der Waals surface area (Å²) in [5.41, 5.74) is -1.28. The maximum Gasteiger partial charge on any atom is 0.336 e. The summed E-state index contributed by atoms with van der Waals surface area (Å²) in [7, 11) is 0. The molecule has 0 fully saturated rings. The molecule has 1 atom stereocenters. The van der Waals surface area contributed by atoms with Gasteiger partial charge in [0.15, 0.2) is 0 Å². The van der Waals surface area contributed by atoms with Crippen LogP contribution in [0.4, 0.5) is 0 Å². The first kappa shape index (κ1) is 20.9. The number of aromatic hydroxyl groups is 1. The molecule has 0 radical (unpaired) electrons. The second-order valence-electron chi connectivity index (χ2n) is 8.88. The molecule has 2 heterocycles. The number of fused-ring (bicyclic) bond motifs is 2. The molecular formula is C24H28O5. The van der Waals surface area contributed by atoms with Crippen molar-refractivity contribution < 1.29 is 19.4 Å². The van der Waals surface area contributed by atoms with E-state index in [0.717, 1.165) is 0 Å². The summed E-state index contributed by atoms with van der Waals surface area (Å²) >= 11 is 0. The Morgan fingerprint density at radius 3 is 2.55 bits per heavy atom. The van der Waals surface area contributed by atoms with Gasteiger partial charge in [0, 0.05) is 17.0 Å². The van der Waals surface area contributed by atoms with E-state index in [2.05, 4.69) is 6.58 Å². The average molecular weight is 396 g/mol. The first-order chi connectivity index (χ1) is 13.4. The van der Waals surface area contributed by atoms with Crippen molar-refractivity contribution in [3.8, 4) is 11.5 Å². The molecule has 1 unspecified atom stereocenters. The summed E-state index contributed by atoms with van der Waals surface area (Å²) in [6.45, 7) is 13.2. The molecule has 0 saturated heterocycles. The molecule has 0 spiro atoms. The molecule has 2 aromatic rings. The topological polar surface area (TPSA) is 79.9 Å². The summed E-state index contributed by atoms with van der Waals surface area (Å²) < 4.78 is 11.8. The Bertz CT molecular complexity index is 1080. The zero-order chi connectivity index (χ0) is 21.6. The van der Waals surface area contributed by atoms with Crippen LogP contribution in [0.1, 0.15) is 52.2 Å². The van der Waals surface area contributed by atoms with Gasteiger partial charge in [0.05, 0.1) is 16.6 Å². The number of rotatable bonds is 5. The molecule has 0 amide bonds. The number of phenols is 1. The van der Waals surface area contributed by atoms with Gasteiger partial charge in [0.1, 0.15) is 22.7 Å². The third kappa shape index (κ3) is 4.01. The summed E-state index contributed by atoms with van der Waals surface area (Å²) in [4.78, 5) is 12.0. The molecule has 0 saturated carbocycles. The SMILES string of the molecule is C=CC(C)(C/C=C/C(C)(C)O)c1c2c(c(O)c3ccc(=O)oc13)C=CC(C)(C)O2. The van der Waals surface area contributed by atoms with Gasteiger partial charge in [-0.2, -0.15) is 0 Å². The normalized spacial score (nSPS) is 17.7. The fraction of sp³-hybridized carbons (Fsp3) is 0.375. The van der Waals surface area contributed by atoms with Gasteiger partial charge in [-0.15, -0.1) is 6.58 Å². The standard InChI is InChI=1S/C24H28O5/c1-7-24(6,13-8-12-22(2,3)27)18-20-15(9-10-17(25)28-20)19(26)16-11-14-23(4,5)29-21(16)18/h7-12,14,26-27H,1,13H2,2-6H3/b12-8+. The lowest BCUT2D eigenvalue weighted by Crippen LogP contribution is -2.31. The lowest BCUT2D eigenvalue weighted by atomic mass is 9.76. The predicted molar refractivity (Wildman–Crippen MR) is 115 cm³/mol. The van der Waals surface area contributed by atoms with Crippen molar-refractivity contribution in [2.24, 2.45) is 0 Å². The highest BCUT2D eigenvalue weighted by molar-refractivity contribution is 5.95. The van der Waals surface area contributed by atoms with Crippen LogP contribution in [0, 0.1) is 0 Å². The molecule has 5 heteroatoms. The van der Waals surface area contributed by atoms with Crippen molar-refractivity contribution >= 4 is 17.0 Å². The van der Waals surface area contributed by atoms with Crippen LogP contribution in [0.5, 0.6) is 11.5 Å². The van der Waals surface area contributed by atoms with Crippen molar-refractivity contribution in [2.75, 3.05) is 0 Å². The summed E-state index contributed by atoms with van der Waals surface area (Å²) in [5.74, 6) is 0.476. The summed E-state index contributed by atoms with van der Waals surface area (Å²) in [5, 5.41) is 21.3. The van der Waals surface area contributed by atoms with Crippen LogP contribution in [-0.4, -0.2) is 21.4 Å². The van der Waals surface area contributed by atoms with E-state index in [1.807, 2.05) is 39.0 Å². The van der Waals surface area contributed by atoms with Crippen LogP contribution in [0.15, 0.2) is 52.2 Å². The zero-order valence-electron chi connectivity index (χ0n) is 17.6. The van der Waals surface area contributed by atoms with Crippen molar-refractivity contribution in [2.45, 2.75) is 57.7 Å². The minimum absolute atomic E-state index is 0.00713. The maximum absolute atomic E-state index is 12.0. The molecular weight excluding hydrogens is 368 g/mol. The molecule has 154 valence electrons. The van der Waals surface area contributed by atoms with Gasteiger partial charge in [0.2, 0.25) is 0 Å². The number of ether oxygens (including phenoxy) is 1. The van der Waals surface area contributed by atoms with Crippen molar-refractivity contribution in [3.63, 3.8) is 0 Å². The van der Waals surface area contributed by atoms with E-state index in [1.54, 1.807) is 32.1 Å². The van der Waals surface area contributed by atoms with Crippen molar-refractivity contribution in [1.29, 1.82) is 0 Å². The molecule has 2 N–H and O–H groups in total. The summed E-state index contributed by atoms with van der Waals surface area (Å²) in [6, 6.07) is 2.85. The molecule has 3 rings (SSSR count). The molecule has 1 aromatic heterocycles. The van der Waals surface area contributed by atoms with Gasteiger partial charge in [-0.25, -0.2) is 4.79 Å². The fourth-order valence-electron chi connectivity index (χ4n) is 3.52. The Kier molecular flexibility index (Phi) is 4.99. The number of hydrogen-bond donors (Lipinski definition) is 2. The minimum Gasteiger partial charge on any atom is -0.506 e. The van der Waals surface area contributed by atoms with Gasteiger partial charge < -0.3 is 19.4 Å². The third-order valence-electron chi connectivity index (χ3n) is 5.15. The third-order valence-corrected chi connectivity index (χ3v) is 5.15. The van der Waals surface area contributed by atoms with Gasteiger partial charge in [-0.3, -0.25) is 0 Å². The second kappa shape index (κ2) is 6.92. The monoisotopic (exact) mass is 396 g/mol. The molecule has 29 heavy (non-hydrogen) atoms. The summed E-state index contributed by atoms with van der Waals surface area (Å²) in [6.07, 6.45) is 9.55. The van der Waals surface area contributed by atoms with Crippen LogP contribution in [0.3, 0.4) is 0 Å². The molecule has 1 aromatic carbocycles. The quantitative estimate of drug-likeness (QED) is 0.558. The highest BCUT2D eigenvalue weighted by Gasteiger charge is 2.36. The van der Waals surface area contributed by atoms with E-state index in [-0.39, 0.29) is 11.3 Å².